The van der Waals surface area contributed by atoms with Crippen LogP contribution in [0.25, 0.3) is 12.2 Å². The molecule has 0 aliphatic carbocycles. The summed E-state index contributed by atoms with van der Waals surface area (Å²) >= 11 is 0. The van der Waals surface area contributed by atoms with Crippen LogP contribution in [-0.2, 0) is 9.59 Å². The van der Waals surface area contributed by atoms with Crippen LogP contribution in [0.4, 0.5) is 20.2 Å². The molecule has 4 aromatic carbocycles. The second-order valence-electron chi connectivity index (χ2n) is 16.2. The molecule has 14 heteroatoms. The SMILES string of the molecule is COc1ccccc1N1CCN(CCCCNC(=O)C2=Cc3cc(F)ccc3OC2)CC1.N#Cc1cccc(N2CCN(CCCCNC(=O)C3=Cc4cc(F)ccc4OC3)CC2)c1. The van der Waals surface area contributed by atoms with Crippen molar-refractivity contribution in [1.82, 2.24) is 20.4 Å². The second kappa shape index (κ2) is 22.8. The number of anilines is 2. The quantitative estimate of drug-likeness (QED) is 0.128. The van der Waals surface area contributed by atoms with Crippen LogP contribution in [0, 0.1) is 23.0 Å². The highest BCUT2D eigenvalue weighted by molar-refractivity contribution is 5.99. The fraction of sp³-hybridized carbons (Fsp3) is 0.380. The Morgan fingerprint density at radius 1 is 0.656 bits per heavy atom. The Morgan fingerprint density at radius 2 is 1.19 bits per heavy atom. The summed E-state index contributed by atoms with van der Waals surface area (Å²) in [6.45, 7) is 11.5. The van der Waals surface area contributed by atoms with Crippen LogP contribution in [-0.4, -0.2) is 120 Å². The van der Waals surface area contributed by atoms with Crippen LogP contribution >= 0.6 is 0 Å². The average Bonchev–Trinajstić information content (AvgIpc) is 3.33. The summed E-state index contributed by atoms with van der Waals surface area (Å²) in [4.78, 5) is 34.4. The van der Waals surface area contributed by atoms with Gasteiger partial charge in [0, 0.05) is 82.3 Å². The van der Waals surface area contributed by atoms with E-state index in [-0.39, 0.29) is 36.7 Å². The number of nitriles is 1. The van der Waals surface area contributed by atoms with Gasteiger partial charge < -0.3 is 34.6 Å². The molecule has 0 radical (unpaired) electrons. The Bertz CT molecular complexity index is 2330. The molecule has 2 fully saturated rings. The van der Waals surface area contributed by atoms with Gasteiger partial charge in [0.15, 0.2) is 0 Å². The number of methoxy groups -OCH3 is 1. The molecule has 0 saturated carbocycles. The lowest BCUT2D eigenvalue weighted by Gasteiger charge is -2.36. The summed E-state index contributed by atoms with van der Waals surface area (Å²) in [5.41, 5.74) is 5.20. The largest absolute Gasteiger partial charge is 0.495 e. The third kappa shape index (κ3) is 12.6. The normalized spacial score (nSPS) is 16.0. The number of piperazine rings is 2. The lowest BCUT2D eigenvalue weighted by molar-refractivity contribution is -0.118. The Balaban J connectivity index is 0.000000191. The molecule has 0 spiro atoms. The van der Waals surface area contributed by atoms with Crippen LogP contribution in [0.3, 0.4) is 0 Å². The van der Waals surface area contributed by atoms with E-state index in [1.54, 1.807) is 31.4 Å². The zero-order valence-electron chi connectivity index (χ0n) is 36.5. The number of carbonyl (C=O) groups is 2. The minimum Gasteiger partial charge on any atom is -0.495 e. The highest BCUT2D eigenvalue weighted by Crippen LogP contribution is 2.30. The Morgan fingerprint density at radius 3 is 1.72 bits per heavy atom. The molecule has 0 unspecified atom stereocenters. The van der Waals surface area contributed by atoms with Crippen LogP contribution in [0.2, 0.25) is 0 Å². The molecule has 4 heterocycles. The molecular formula is C50H57F2N7O5. The number of halogens is 2. The Labute approximate surface area is 374 Å². The Kier molecular flexibility index (Phi) is 16.2. The molecule has 2 N–H and O–H groups in total. The number of hydrogen-bond acceptors (Lipinski definition) is 10. The maximum atomic E-state index is 13.4. The number of nitrogens with zero attached hydrogens (tertiary/aromatic N) is 5. The molecule has 336 valence electrons. The van der Waals surface area contributed by atoms with E-state index in [1.165, 1.54) is 24.3 Å². The van der Waals surface area contributed by atoms with E-state index in [4.69, 9.17) is 19.5 Å². The predicted molar refractivity (Wildman–Crippen MR) is 246 cm³/mol. The minimum atomic E-state index is -0.346. The molecule has 8 rings (SSSR count). The van der Waals surface area contributed by atoms with E-state index in [0.717, 1.165) is 108 Å². The number of benzene rings is 4. The van der Waals surface area contributed by atoms with Gasteiger partial charge in [-0.1, -0.05) is 18.2 Å². The number of ether oxygens (including phenoxy) is 3. The molecule has 64 heavy (non-hydrogen) atoms. The summed E-state index contributed by atoms with van der Waals surface area (Å²) in [7, 11) is 1.71. The molecule has 0 bridgehead atoms. The first-order valence-corrected chi connectivity index (χ1v) is 22.2. The average molecular weight is 874 g/mol. The first-order valence-electron chi connectivity index (χ1n) is 22.2. The predicted octanol–water partition coefficient (Wildman–Crippen LogP) is 6.52. The Hall–Kier alpha value is -6.43. The van der Waals surface area contributed by atoms with Crippen LogP contribution in [0.15, 0.2) is 96.1 Å². The van der Waals surface area contributed by atoms with Crippen LogP contribution < -0.4 is 34.6 Å². The zero-order valence-corrected chi connectivity index (χ0v) is 36.5. The van der Waals surface area contributed by atoms with Gasteiger partial charge >= 0.3 is 0 Å². The first kappa shape index (κ1) is 45.6. The summed E-state index contributed by atoms with van der Waals surface area (Å²) in [6.07, 6.45) is 7.25. The molecule has 4 aliphatic heterocycles. The zero-order chi connectivity index (χ0) is 44.7. The third-order valence-electron chi connectivity index (χ3n) is 11.8. The molecular weight excluding hydrogens is 817 g/mol. The van der Waals surface area contributed by atoms with Crippen molar-refractivity contribution in [3.8, 4) is 23.3 Å². The molecule has 4 aliphatic rings. The highest BCUT2D eigenvalue weighted by atomic mass is 19.1. The van der Waals surface area contributed by atoms with Crippen molar-refractivity contribution in [2.75, 3.05) is 109 Å². The van der Waals surface area contributed by atoms with E-state index < -0.39 is 0 Å². The maximum absolute atomic E-state index is 13.4. The number of carbonyl (C=O) groups excluding carboxylic acids is 2. The number of nitrogens with one attached hydrogen (secondary N) is 2. The molecule has 0 atom stereocenters. The van der Waals surface area contributed by atoms with Crippen LogP contribution in [0.1, 0.15) is 42.4 Å². The number of unbranched alkanes of at least 4 members (excludes halogenated alkanes) is 2. The van der Waals surface area contributed by atoms with Crippen molar-refractivity contribution in [3.63, 3.8) is 0 Å². The maximum Gasteiger partial charge on any atom is 0.250 e. The van der Waals surface area contributed by atoms with Gasteiger partial charge in [-0.15, -0.1) is 0 Å². The van der Waals surface area contributed by atoms with Crippen molar-refractivity contribution in [1.29, 1.82) is 5.26 Å². The van der Waals surface area contributed by atoms with Gasteiger partial charge in [-0.2, -0.15) is 5.26 Å². The van der Waals surface area contributed by atoms with Gasteiger partial charge in [0.2, 0.25) is 0 Å². The number of para-hydroxylation sites is 2. The molecule has 4 aromatic rings. The van der Waals surface area contributed by atoms with Gasteiger partial charge in [0.25, 0.3) is 11.8 Å². The number of amides is 2. The molecule has 12 nitrogen and oxygen atoms in total. The topological polar surface area (TPSA) is 123 Å². The van der Waals surface area contributed by atoms with E-state index in [9.17, 15) is 18.4 Å². The minimum absolute atomic E-state index is 0.148. The lowest BCUT2D eigenvalue weighted by atomic mass is 10.1. The number of fused-ring (bicyclic) bond motifs is 2. The number of rotatable bonds is 15. The fourth-order valence-corrected chi connectivity index (χ4v) is 8.22. The van der Waals surface area contributed by atoms with Gasteiger partial charge in [0.1, 0.15) is 42.1 Å². The van der Waals surface area contributed by atoms with Crippen LogP contribution in [0.5, 0.6) is 17.2 Å². The molecule has 2 saturated heterocycles. The van der Waals surface area contributed by atoms with E-state index in [2.05, 4.69) is 48.4 Å². The standard InChI is InChI=1S/C25H27FN4O2.C25H30FN3O3/c26-22-6-7-24-20(16-22)15-21(18-32-24)25(31)28-8-1-2-9-29-10-12-30(13-11-29)23-5-3-4-19(14-23)17-27;1-31-24-7-3-2-6-22(24)29-14-12-28(13-15-29)11-5-4-10-27-25(30)20-16-19-17-21(26)8-9-23(19)32-18-20/h3-7,14-16H,1-2,8-13,18H2,(H,28,31);2-3,6-9,16-17H,4-5,10-15,18H2,1H3,(H,27,30). The highest BCUT2D eigenvalue weighted by Gasteiger charge is 2.22. The summed E-state index contributed by atoms with van der Waals surface area (Å²) in [6, 6.07) is 26.8. The van der Waals surface area contributed by atoms with Crippen molar-refractivity contribution in [2.45, 2.75) is 25.7 Å². The van der Waals surface area contributed by atoms with Gasteiger partial charge in [0.05, 0.1) is 35.6 Å². The van der Waals surface area contributed by atoms with E-state index in [1.807, 2.05) is 36.4 Å². The molecule has 2 amide bonds. The van der Waals surface area contributed by atoms with Gasteiger partial charge in [-0.05, 0) is 118 Å². The summed E-state index contributed by atoms with van der Waals surface area (Å²) in [5, 5.41) is 15.0. The summed E-state index contributed by atoms with van der Waals surface area (Å²) in [5.74, 6) is 1.13. The first-order chi connectivity index (χ1) is 31.3. The summed E-state index contributed by atoms with van der Waals surface area (Å²) < 4.78 is 43.4. The smallest absolute Gasteiger partial charge is 0.250 e. The van der Waals surface area contributed by atoms with Crippen molar-refractivity contribution in [2.24, 2.45) is 0 Å². The fourth-order valence-electron chi connectivity index (χ4n) is 8.22. The monoisotopic (exact) mass is 873 g/mol. The second-order valence-corrected chi connectivity index (χ2v) is 16.2. The van der Waals surface area contributed by atoms with Crippen molar-refractivity contribution >= 4 is 35.3 Å². The third-order valence-corrected chi connectivity index (χ3v) is 11.8. The molecule has 0 aromatic heterocycles. The van der Waals surface area contributed by atoms with E-state index in [0.29, 0.717) is 52.4 Å². The van der Waals surface area contributed by atoms with Gasteiger partial charge in [-0.3, -0.25) is 19.4 Å². The van der Waals surface area contributed by atoms with Crippen molar-refractivity contribution in [3.05, 3.63) is 124 Å². The number of hydrogen-bond donors (Lipinski definition) is 2. The van der Waals surface area contributed by atoms with Gasteiger partial charge in [-0.25, -0.2) is 8.78 Å². The van der Waals surface area contributed by atoms with E-state index >= 15 is 0 Å². The lowest BCUT2D eigenvalue weighted by Crippen LogP contribution is -2.46. The van der Waals surface area contributed by atoms with Crippen molar-refractivity contribution < 1.29 is 32.6 Å².